The van der Waals surface area contributed by atoms with Crippen LogP contribution in [-0.4, -0.2) is 11.8 Å². The maximum atomic E-state index is 13.8. The Hall–Kier alpha value is -2.69. The molecule has 25 heavy (non-hydrogen) atoms. The van der Waals surface area contributed by atoms with Crippen LogP contribution in [0, 0.1) is 17.7 Å². The van der Waals surface area contributed by atoms with Crippen LogP contribution in [0.15, 0.2) is 48.5 Å². The van der Waals surface area contributed by atoms with Gasteiger partial charge in [0, 0.05) is 23.2 Å². The standard InChI is InChI=1S/C20H19FN2O2/c21-18-4-2-1-3-15(18)16-11-17(16)20(25)23-14-9-7-13(8-10-14)22-19(24)12-5-6-12/h1-4,7-10,12,16-17H,5-6,11H2,(H,22,24)(H,23,25). The molecule has 0 aliphatic heterocycles. The number of benzene rings is 2. The highest BCUT2D eigenvalue weighted by molar-refractivity contribution is 5.96. The van der Waals surface area contributed by atoms with Gasteiger partial charge < -0.3 is 10.6 Å². The minimum absolute atomic E-state index is 0.0432. The van der Waals surface area contributed by atoms with Crippen molar-refractivity contribution >= 4 is 23.2 Å². The molecule has 2 aliphatic carbocycles. The SMILES string of the molecule is O=C(Nc1ccc(NC(=O)C2CC2c2ccccc2F)cc1)C1CC1. The molecule has 4 rings (SSSR count). The third kappa shape index (κ3) is 3.55. The molecule has 2 atom stereocenters. The van der Waals surface area contributed by atoms with Crippen molar-refractivity contribution in [3.05, 3.63) is 59.9 Å². The maximum absolute atomic E-state index is 13.8. The van der Waals surface area contributed by atoms with Crippen molar-refractivity contribution in [2.24, 2.45) is 11.8 Å². The fraction of sp³-hybridized carbons (Fsp3) is 0.300. The second kappa shape index (κ2) is 6.31. The summed E-state index contributed by atoms with van der Waals surface area (Å²) in [5.41, 5.74) is 2.01. The molecule has 128 valence electrons. The number of carbonyl (C=O) groups is 2. The Bertz CT molecular complexity index is 815. The fourth-order valence-corrected chi connectivity index (χ4v) is 3.07. The van der Waals surface area contributed by atoms with Gasteiger partial charge in [0.25, 0.3) is 0 Å². The number of nitrogens with one attached hydrogen (secondary N) is 2. The van der Waals surface area contributed by atoms with E-state index in [9.17, 15) is 14.0 Å². The lowest BCUT2D eigenvalue weighted by Gasteiger charge is -2.08. The highest BCUT2D eigenvalue weighted by Gasteiger charge is 2.45. The lowest BCUT2D eigenvalue weighted by molar-refractivity contribution is -0.118. The Morgan fingerprint density at radius 1 is 0.880 bits per heavy atom. The van der Waals surface area contributed by atoms with Crippen molar-refractivity contribution in [1.82, 2.24) is 0 Å². The number of carbonyl (C=O) groups excluding carboxylic acids is 2. The molecule has 2 fully saturated rings. The van der Waals surface area contributed by atoms with Crippen LogP contribution in [0.25, 0.3) is 0 Å². The van der Waals surface area contributed by atoms with Crippen LogP contribution < -0.4 is 10.6 Å². The van der Waals surface area contributed by atoms with Crippen LogP contribution in [0.5, 0.6) is 0 Å². The average Bonchev–Trinajstić information content (AvgIpc) is 3.49. The summed E-state index contributed by atoms with van der Waals surface area (Å²) in [6.07, 6.45) is 2.59. The monoisotopic (exact) mass is 338 g/mol. The normalized spacial score (nSPS) is 21.5. The van der Waals surface area contributed by atoms with E-state index in [1.54, 1.807) is 42.5 Å². The van der Waals surface area contributed by atoms with Crippen LogP contribution in [-0.2, 0) is 9.59 Å². The summed E-state index contributed by atoms with van der Waals surface area (Å²) in [4.78, 5) is 24.0. The molecule has 0 aromatic heterocycles. The summed E-state index contributed by atoms with van der Waals surface area (Å²) in [5.74, 6) is -0.363. The summed E-state index contributed by atoms with van der Waals surface area (Å²) in [6, 6.07) is 13.7. The number of rotatable bonds is 5. The van der Waals surface area contributed by atoms with Gasteiger partial charge in [-0.1, -0.05) is 18.2 Å². The van der Waals surface area contributed by atoms with Gasteiger partial charge in [0.1, 0.15) is 5.82 Å². The van der Waals surface area contributed by atoms with Gasteiger partial charge in [-0.3, -0.25) is 9.59 Å². The van der Waals surface area contributed by atoms with Crippen LogP contribution in [0.3, 0.4) is 0 Å². The number of hydrogen-bond donors (Lipinski definition) is 2. The number of anilines is 2. The molecule has 4 nitrogen and oxygen atoms in total. The zero-order chi connectivity index (χ0) is 17.4. The van der Waals surface area contributed by atoms with Crippen molar-refractivity contribution in [2.75, 3.05) is 10.6 Å². The molecule has 2 N–H and O–H groups in total. The summed E-state index contributed by atoms with van der Waals surface area (Å²) in [7, 11) is 0. The van der Waals surface area contributed by atoms with E-state index in [1.807, 2.05) is 0 Å². The maximum Gasteiger partial charge on any atom is 0.228 e. The van der Waals surface area contributed by atoms with Crippen molar-refractivity contribution in [3.8, 4) is 0 Å². The van der Waals surface area contributed by atoms with Gasteiger partial charge in [-0.05, 0) is 61.1 Å². The third-order valence-corrected chi connectivity index (χ3v) is 4.80. The first-order chi connectivity index (χ1) is 12.1. The number of halogens is 1. The van der Waals surface area contributed by atoms with E-state index >= 15 is 0 Å². The van der Waals surface area contributed by atoms with E-state index < -0.39 is 0 Å². The molecule has 2 amide bonds. The van der Waals surface area contributed by atoms with Gasteiger partial charge in [-0.15, -0.1) is 0 Å². The molecule has 5 heteroatoms. The predicted octanol–water partition coefficient (Wildman–Crippen LogP) is 3.92. The molecular weight excluding hydrogens is 319 g/mol. The molecule has 2 saturated carbocycles. The largest absolute Gasteiger partial charge is 0.326 e. The highest BCUT2D eigenvalue weighted by atomic mass is 19.1. The average molecular weight is 338 g/mol. The highest BCUT2D eigenvalue weighted by Crippen LogP contribution is 2.48. The summed E-state index contributed by atoms with van der Waals surface area (Å²) >= 11 is 0. The first-order valence-electron chi connectivity index (χ1n) is 8.58. The van der Waals surface area contributed by atoms with E-state index in [4.69, 9.17) is 0 Å². The fourth-order valence-electron chi connectivity index (χ4n) is 3.07. The van der Waals surface area contributed by atoms with Crippen molar-refractivity contribution < 1.29 is 14.0 Å². The Morgan fingerprint density at radius 2 is 1.48 bits per heavy atom. The Kier molecular flexibility index (Phi) is 3.99. The topological polar surface area (TPSA) is 58.2 Å². The lowest BCUT2D eigenvalue weighted by Crippen LogP contribution is -2.15. The van der Waals surface area contributed by atoms with Crippen LogP contribution in [0.2, 0.25) is 0 Å². The quantitative estimate of drug-likeness (QED) is 0.868. The van der Waals surface area contributed by atoms with Crippen molar-refractivity contribution in [3.63, 3.8) is 0 Å². The zero-order valence-electron chi connectivity index (χ0n) is 13.7. The van der Waals surface area contributed by atoms with E-state index in [0.29, 0.717) is 17.7 Å². The van der Waals surface area contributed by atoms with E-state index in [1.165, 1.54) is 6.07 Å². The molecular formula is C20H19FN2O2. The summed E-state index contributed by atoms with van der Waals surface area (Å²) < 4.78 is 13.8. The van der Waals surface area contributed by atoms with Gasteiger partial charge in [-0.25, -0.2) is 4.39 Å². The Balaban J connectivity index is 1.34. The lowest BCUT2D eigenvalue weighted by atomic mass is 10.1. The van der Waals surface area contributed by atoms with Gasteiger partial charge in [0.2, 0.25) is 11.8 Å². The van der Waals surface area contributed by atoms with Crippen molar-refractivity contribution in [2.45, 2.75) is 25.2 Å². The van der Waals surface area contributed by atoms with Crippen LogP contribution in [0.1, 0.15) is 30.7 Å². The molecule has 0 radical (unpaired) electrons. The Labute approximate surface area is 145 Å². The summed E-state index contributed by atoms with van der Waals surface area (Å²) in [5, 5.41) is 5.73. The zero-order valence-corrected chi connectivity index (χ0v) is 13.7. The smallest absolute Gasteiger partial charge is 0.228 e. The molecule has 0 bridgehead atoms. The minimum Gasteiger partial charge on any atom is -0.326 e. The molecule has 2 aromatic carbocycles. The first-order valence-corrected chi connectivity index (χ1v) is 8.58. The predicted molar refractivity (Wildman–Crippen MR) is 93.7 cm³/mol. The first kappa shape index (κ1) is 15.8. The third-order valence-electron chi connectivity index (χ3n) is 4.80. The molecule has 0 heterocycles. The van der Waals surface area contributed by atoms with Crippen LogP contribution >= 0.6 is 0 Å². The minimum atomic E-state index is -0.251. The Morgan fingerprint density at radius 3 is 2.08 bits per heavy atom. The van der Waals surface area contributed by atoms with Gasteiger partial charge in [0.05, 0.1) is 0 Å². The molecule has 0 saturated heterocycles. The van der Waals surface area contributed by atoms with Gasteiger partial charge >= 0.3 is 0 Å². The summed E-state index contributed by atoms with van der Waals surface area (Å²) in [6.45, 7) is 0. The molecule has 2 aliphatic rings. The number of amides is 2. The van der Waals surface area contributed by atoms with Gasteiger partial charge in [-0.2, -0.15) is 0 Å². The van der Waals surface area contributed by atoms with E-state index in [0.717, 1.165) is 18.5 Å². The molecule has 2 aromatic rings. The van der Waals surface area contributed by atoms with E-state index in [-0.39, 0.29) is 35.4 Å². The second-order valence-electron chi connectivity index (χ2n) is 6.80. The van der Waals surface area contributed by atoms with Crippen LogP contribution in [0.4, 0.5) is 15.8 Å². The van der Waals surface area contributed by atoms with Crippen molar-refractivity contribution in [1.29, 1.82) is 0 Å². The second-order valence-corrected chi connectivity index (χ2v) is 6.80. The number of hydrogen-bond acceptors (Lipinski definition) is 2. The van der Waals surface area contributed by atoms with Gasteiger partial charge in [0.15, 0.2) is 0 Å². The molecule has 0 spiro atoms. The molecule has 2 unspecified atom stereocenters. The van der Waals surface area contributed by atoms with E-state index in [2.05, 4.69) is 10.6 Å².